The van der Waals surface area contributed by atoms with E-state index < -0.39 is 11.9 Å². The lowest BCUT2D eigenvalue weighted by atomic mass is 10.1. The van der Waals surface area contributed by atoms with E-state index in [1.165, 1.54) is 12.3 Å². The number of pyridine rings is 1. The molecule has 1 aromatic rings. The van der Waals surface area contributed by atoms with Crippen LogP contribution in [0.3, 0.4) is 0 Å². The topological polar surface area (TPSA) is 51.6 Å². The van der Waals surface area contributed by atoms with Crippen LogP contribution in [0.1, 0.15) is 18.1 Å². The van der Waals surface area contributed by atoms with Gasteiger partial charge in [-0.1, -0.05) is 0 Å². The van der Waals surface area contributed by atoms with Crippen LogP contribution >= 0.6 is 0 Å². The van der Waals surface area contributed by atoms with Crippen LogP contribution in [0.25, 0.3) is 0 Å². The van der Waals surface area contributed by atoms with Crippen molar-refractivity contribution in [1.29, 1.82) is 0 Å². The van der Waals surface area contributed by atoms with Gasteiger partial charge in [0.2, 0.25) is 0 Å². The molecule has 90 valence electrons. The second-order valence-corrected chi connectivity index (χ2v) is 3.31. The van der Waals surface area contributed by atoms with E-state index in [0.29, 0.717) is 26.2 Å². The summed E-state index contributed by atoms with van der Waals surface area (Å²) in [6, 6.07) is 1.47. The minimum absolute atomic E-state index is 0.255. The molecule has 1 atom stereocenters. The van der Waals surface area contributed by atoms with Crippen molar-refractivity contribution >= 4 is 0 Å². The monoisotopic (exact) mass is 229 g/mol. The molecule has 1 heterocycles. The first-order chi connectivity index (χ1) is 7.75. The molecule has 4 nitrogen and oxygen atoms in total. The first-order valence-electron chi connectivity index (χ1n) is 5.10. The molecule has 0 saturated heterocycles. The molecule has 0 aliphatic rings. The number of hydrogen-bond donors (Lipinski definition) is 1. The summed E-state index contributed by atoms with van der Waals surface area (Å²) in [6.45, 7) is 1.36. The van der Waals surface area contributed by atoms with E-state index in [9.17, 15) is 9.50 Å². The highest BCUT2D eigenvalue weighted by molar-refractivity contribution is 5.15. The molecule has 0 spiro atoms. The zero-order valence-electron chi connectivity index (χ0n) is 9.23. The van der Waals surface area contributed by atoms with Crippen LogP contribution in [0.15, 0.2) is 18.5 Å². The molecule has 1 unspecified atom stereocenters. The van der Waals surface area contributed by atoms with Crippen molar-refractivity contribution in [3.63, 3.8) is 0 Å². The number of ether oxygens (including phenoxy) is 2. The van der Waals surface area contributed by atoms with Gasteiger partial charge in [0.15, 0.2) is 0 Å². The highest BCUT2D eigenvalue weighted by Crippen LogP contribution is 2.18. The summed E-state index contributed by atoms with van der Waals surface area (Å²) >= 11 is 0. The Hall–Kier alpha value is -1.04. The molecule has 0 saturated carbocycles. The van der Waals surface area contributed by atoms with Gasteiger partial charge in [0, 0.05) is 31.9 Å². The van der Waals surface area contributed by atoms with Gasteiger partial charge in [-0.25, -0.2) is 4.39 Å². The first-order valence-corrected chi connectivity index (χ1v) is 5.10. The Balaban J connectivity index is 2.30. The molecule has 0 amide bonds. The van der Waals surface area contributed by atoms with Crippen molar-refractivity contribution < 1.29 is 19.0 Å². The van der Waals surface area contributed by atoms with Gasteiger partial charge >= 0.3 is 0 Å². The minimum Gasteiger partial charge on any atom is -0.388 e. The molecule has 1 rings (SSSR count). The first kappa shape index (κ1) is 13.0. The molecule has 1 N–H and O–H groups in total. The third-order valence-corrected chi connectivity index (χ3v) is 2.13. The third kappa shape index (κ3) is 4.22. The summed E-state index contributed by atoms with van der Waals surface area (Å²) in [6.07, 6.45) is 2.04. The van der Waals surface area contributed by atoms with Crippen molar-refractivity contribution in [1.82, 2.24) is 4.98 Å². The summed E-state index contributed by atoms with van der Waals surface area (Å²) in [5, 5.41) is 9.68. The number of rotatable bonds is 7. The van der Waals surface area contributed by atoms with Gasteiger partial charge in [-0.05, 0) is 6.07 Å². The lowest BCUT2D eigenvalue weighted by molar-refractivity contribution is 0.0468. The van der Waals surface area contributed by atoms with Crippen LogP contribution in [0.2, 0.25) is 0 Å². The molecule has 0 fully saturated rings. The SMILES string of the molecule is COCCOCCC(O)c1ccncc1F. The smallest absolute Gasteiger partial charge is 0.147 e. The standard InChI is InChI=1S/C11H16FNO3/c1-15-6-7-16-5-3-11(14)9-2-4-13-8-10(9)12/h2,4,8,11,14H,3,5-7H2,1H3. The van der Waals surface area contributed by atoms with E-state index in [2.05, 4.69) is 4.98 Å². The fourth-order valence-corrected chi connectivity index (χ4v) is 1.25. The molecule has 0 radical (unpaired) electrons. The predicted octanol–water partition coefficient (Wildman–Crippen LogP) is 1.31. The fourth-order valence-electron chi connectivity index (χ4n) is 1.25. The summed E-state index contributed by atoms with van der Waals surface area (Å²) in [5.41, 5.74) is 0.255. The Morgan fingerprint density at radius 1 is 1.44 bits per heavy atom. The number of aromatic nitrogens is 1. The molecular weight excluding hydrogens is 213 g/mol. The molecule has 0 aliphatic heterocycles. The van der Waals surface area contributed by atoms with Gasteiger partial charge in [0.05, 0.1) is 25.5 Å². The zero-order valence-corrected chi connectivity index (χ0v) is 9.23. The number of nitrogens with zero attached hydrogens (tertiary/aromatic N) is 1. The Morgan fingerprint density at radius 2 is 2.25 bits per heavy atom. The van der Waals surface area contributed by atoms with Gasteiger partial charge in [-0.15, -0.1) is 0 Å². The Kier molecular flexibility index (Phi) is 5.92. The summed E-state index contributed by atoms with van der Waals surface area (Å²) < 4.78 is 23.2. The van der Waals surface area contributed by atoms with E-state index >= 15 is 0 Å². The van der Waals surface area contributed by atoms with Gasteiger partial charge in [0.25, 0.3) is 0 Å². The van der Waals surface area contributed by atoms with Crippen LogP contribution in [-0.4, -0.2) is 37.0 Å². The molecular formula is C11H16FNO3. The van der Waals surface area contributed by atoms with Crippen molar-refractivity contribution in [3.8, 4) is 0 Å². The predicted molar refractivity (Wildman–Crippen MR) is 56.5 cm³/mol. The van der Waals surface area contributed by atoms with Gasteiger partial charge < -0.3 is 14.6 Å². The Bertz CT molecular complexity index is 309. The average Bonchev–Trinajstić information content (AvgIpc) is 2.29. The molecule has 0 aliphatic carbocycles. The van der Waals surface area contributed by atoms with Crippen LogP contribution in [0.4, 0.5) is 4.39 Å². The molecule has 5 heteroatoms. The summed E-state index contributed by atoms with van der Waals surface area (Å²) in [4.78, 5) is 3.61. The maximum Gasteiger partial charge on any atom is 0.147 e. The molecule has 1 aromatic heterocycles. The Labute approximate surface area is 94.0 Å². The lowest BCUT2D eigenvalue weighted by Gasteiger charge is -2.11. The second kappa shape index (κ2) is 7.27. The van der Waals surface area contributed by atoms with Crippen molar-refractivity contribution in [2.45, 2.75) is 12.5 Å². The Morgan fingerprint density at radius 3 is 2.94 bits per heavy atom. The van der Waals surface area contributed by atoms with Crippen molar-refractivity contribution in [3.05, 3.63) is 29.8 Å². The van der Waals surface area contributed by atoms with Gasteiger partial charge in [0.1, 0.15) is 5.82 Å². The summed E-state index contributed by atoms with van der Waals surface area (Å²) in [5.74, 6) is -0.494. The highest BCUT2D eigenvalue weighted by atomic mass is 19.1. The zero-order chi connectivity index (χ0) is 11.8. The lowest BCUT2D eigenvalue weighted by Crippen LogP contribution is -2.08. The quantitative estimate of drug-likeness (QED) is 0.716. The number of hydrogen-bond acceptors (Lipinski definition) is 4. The molecule has 0 aromatic carbocycles. The van der Waals surface area contributed by atoms with E-state index in [0.717, 1.165) is 6.20 Å². The van der Waals surface area contributed by atoms with Gasteiger partial charge in [-0.2, -0.15) is 0 Å². The number of halogens is 1. The number of methoxy groups -OCH3 is 1. The third-order valence-electron chi connectivity index (χ3n) is 2.13. The molecule has 16 heavy (non-hydrogen) atoms. The van der Waals surface area contributed by atoms with Gasteiger partial charge in [-0.3, -0.25) is 4.98 Å². The van der Waals surface area contributed by atoms with Crippen LogP contribution < -0.4 is 0 Å². The number of aliphatic hydroxyl groups excluding tert-OH is 1. The minimum atomic E-state index is -0.856. The largest absolute Gasteiger partial charge is 0.388 e. The van der Waals surface area contributed by atoms with E-state index in [1.807, 2.05) is 0 Å². The van der Waals surface area contributed by atoms with E-state index in [-0.39, 0.29) is 5.56 Å². The van der Waals surface area contributed by atoms with Crippen molar-refractivity contribution in [2.24, 2.45) is 0 Å². The maximum absolute atomic E-state index is 13.2. The number of aliphatic hydroxyl groups is 1. The fraction of sp³-hybridized carbons (Fsp3) is 0.545. The normalized spacial score (nSPS) is 12.7. The molecule has 0 bridgehead atoms. The van der Waals surface area contributed by atoms with Crippen LogP contribution in [-0.2, 0) is 9.47 Å². The van der Waals surface area contributed by atoms with Crippen LogP contribution in [0.5, 0.6) is 0 Å². The maximum atomic E-state index is 13.2. The second-order valence-electron chi connectivity index (χ2n) is 3.31. The van der Waals surface area contributed by atoms with Crippen LogP contribution in [0, 0.1) is 5.82 Å². The van der Waals surface area contributed by atoms with E-state index in [4.69, 9.17) is 9.47 Å². The highest BCUT2D eigenvalue weighted by Gasteiger charge is 2.11. The van der Waals surface area contributed by atoms with E-state index in [1.54, 1.807) is 7.11 Å². The average molecular weight is 229 g/mol. The summed E-state index contributed by atoms with van der Waals surface area (Å²) in [7, 11) is 1.59. The van der Waals surface area contributed by atoms with Crippen molar-refractivity contribution in [2.75, 3.05) is 26.9 Å².